The van der Waals surface area contributed by atoms with Gasteiger partial charge in [-0.25, -0.2) is 0 Å². The predicted octanol–water partition coefficient (Wildman–Crippen LogP) is 1.80. The minimum absolute atomic E-state index is 0.672. The minimum Gasteiger partial charge on any atom is -0.269 e. The van der Waals surface area contributed by atoms with E-state index in [1.165, 1.54) is 25.7 Å². The van der Waals surface area contributed by atoms with Crippen molar-refractivity contribution in [1.29, 1.82) is 0 Å². The summed E-state index contributed by atoms with van der Waals surface area (Å²) in [6.07, 6.45) is 9.01. The molecule has 1 fully saturated rings. The Hall–Kier alpha value is -0.790. The molecule has 0 unspecified atom stereocenters. The Kier molecular flexibility index (Phi) is 1.46. The van der Waals surface area contributed by atoms with Crippen molar-refractivity contribution in [2.24, 2.45) is 0 Å². The Labute approximate surface area is 60.9 Å². The van der Waals surface area contributed by atoms with E-state index in [-0.39, 0.29) is 0 Å². The maximum absolute atomic E-state index is 4.16. The molecule has 0 N–H and O–H groups in total. The van der Waals surface area contributed by atoms with E-state index in [0.717, 1.165) is 0 Å². The summed E-state index contributed by atoms with van der Waals surface area (Å²) < 4.78 is 2.03. The fourth-order valence-electron chi connectivity index (χ4n) is 1.61. The lowest BCUT2D eigenvalue weighted by Crippen LogP contribution is -2.03. The molecule has 1 aromatic heterocycles. The molecule has 1 saturated carbocycles. The van der Waals surface area contributed by atoms with Gasteiger partial charge in [-0.1, -0.05) is 12.8 Å². The smallest absolute Gasteiger partial charge is 0.0569 e. The molecule has 10 heavy (non-hydrogen) atoms. The van der Waals surface area contributed by atoms with Gasteiger partial charge in [0.1, 0.15) is 0 Å². The second-order valence-electron chi connectivity index (χ2n) is 2.86. The van der Waals surface area contributed by atoms with E-state index in [1.807, 2.05) is 10.9 Å². The predicted molar refractivity (Wildman–Crippen MR) is 38.6 cm³/mol. The van der Waals surface area contributed by atoms with Crippen molar-refractivity contribution in [3.8, 4) is 0 Å². The molecule has 1 aliphatic rings. The van der Waals surface area contributed by atoms with Crippen LogP contribution in [0, 0.1) is 6.07 Å². The standard InChI is InChI=1S/C8H11N2/c1-2-5-8(4-1)10-7-3-6-9-10/h6-8H,1-2,4-5H2. The fraction of sp³-hybridized carbons (Fsp3) is 0.625. The van der Waals surface area contributed by atoms with E-state index in [0.29, 0.717) is 6.04 Å². The Bertz CT molecular complexity index is 185. The normalized spacial score (nSPS) is 20.0. The highest BCUT2D eigenvalue weighted by molar-refractivity contribution is 4.81. The lowest BCUT2D eigenvalue weighted by atomic mass is 10.3. The molecule has 0 amide bonds. The van der Waals surface area contributed by atoms with Crippen LogP contribution < -0.4 is 0 Å². The monoisotopic (exact) mass is 135 g/mol. The van der Waals surface area contributed by atoms with Crippen LogP contribution in [0.3, 0.4) is 0 Å². The number of hydrogen-bond acceptors (Lipinski definition) is 1. The van der Waals surface area contributed by atoms with Gasteiger partial charge >= 0.3 is 0 Å². The van der Waals surface area contributed by atoms with Crippen LogP contribution in [0.4, 0.5) is 0 Å². The molecule has 0 spiro atoms. The lowest BCUT2D eigenvalue weighted by molar-refractivity contribution is 0.467. The Morgan fingerprint density at radius 1 is 1.40 bits per heavy atom. The zero-order valence-electron chi connectivity index (χ0n) is 5.95. The first-order valence-electron chi connectivity index (χ1n) is 3.87. The van der Waals surface area contributed by atoms with Crippen LogP contribution in [0.5, 0.6) is 0 Å². The maximum Gasteiger partial charge on any atom is 0.0569 e. The molecule has 1 aliphatic carbocycles. The first-order valence-corrected chi connectivity index (χ1v) is 3.87. The van der Waals surface area contributed by atoms with Gasteiger partial charge in [0.05, 0.1) is 12.2 Å². The molecule has 0 bridgehead atoms. The Balaban J connectivity index is 2.12. The number of aromatic nitrogens is 2. The summed E-state index contributed by atoms with van der Waals surface area (Å²) in [7, 11) is 0. The average molecular weight is 135 g/mol. The van der Waals surface area contributed by atoms with Crippen molar-refractivity contribution in [2.45, 2.75) is 31.7 Å². The third kappa shape index (κ3) is 0.939. The molecule has 1 heterocycles. The van der Waals surface area contributed by atoms with Crippen LogP contribution in [0.2, 0.25) is 0 Å². The molecule has 1 aromatic rings. The molecule has 2 rings (SSSR count). The van der Waals surface area contributed by atoms with Gasteiger partial charge in [-0.05, 0) is 12.8 Å². The molecule has 0 saturated heterocycles. The van der Waals surface area contributed by atoms with Crippen LogP contribution >= 0.6 is 0 Å². The minimum atomic E-state index is 0.672. The van der Waals surface area contributed by atoms with E-state index in [1.54, 1.807) is 6.20 Å². The van der Waals surface area contributed by atoms with Gasteiger partial charge in [0.2, 0.25) is 0 Å². The van der Waals surface area contributed by atoms with Gasteiger partial charge in [-0.3, -0.25) is 4.68 Å². The highest BCUT2D eigenvalue weighted by atomic mass is 15.3. The molecule has 53 valence electrons. The Morgan fingerprint density at radius 3 is 2.80 bits per heavy atom. The van der Waals surface area contributed by atoms with Crippen molar-refractivity contribution >= 4 is 0 Å². The van der Waals surface area contributed by atoms with Crippen molar-refractivity contribution in [3.63, 3.8) is 0 Å². The van der Waals surface area contributed by atoms with E-state index in [9.17, 15) is 0 Å². The first-order chi connectivity index (χ1) is 4.97. The number of rotatable bonds is 1. The van der Waals surface area contributed by atoms with E-state index in [4.69, 9.17) is 0 Å². The molecule has 2 heteroatoms. The van der Waals surface area contributed by atoms with Crippen molar-refractivity contribution < 1.29 is 0 Å². The van der Waals surface area contributed by atoms with Crippen molar-refractivity contribution in [1.82, 2.24) is 9.78 Å². The molecule has 0 aromatic carbocycles. The number of hydrogen-bond donors (Lipinski definition) is 0. The summed E-state index contributed by atoms with van der Waals surface area (Å²) in [6, 6.07) is 3.63. The van der Waals surface area contributed by atoms with Crippen molar-refractivity contribution in [3.05, 3.63) is 18.5 Å². The van der Waals surface area contributed by atoms with E-state index >= 15 is 0 Å². The maximum atomic E-state index is 4.16. The summed E-state index contributed by atoms with van der Waals surface area (Å²) in [6.45, 7) is 0. The summed E-state index contributed by atoms with van der Waals surface area (Å²) in [5, 5.41) is 4.16. The SMILES string of the molecule is [c]1cnn(C2CCCC2)c1. The fourth-order valence-corrected chi connectivity index (χ4v) is 1.61. The Morgan fingerprint density at radius 2 is 2.20 bits per heavy atom. The first kappa shape index (κ1) is 5.96. The van der Waals surface area contributed by atoms with Crippen LogP contribution in [-0.4, -0.2) is 9.78 Å². The molecule has 1 radical (unpaired) electrons. The molecule has 0 atom stereocenters. The summed E-state index contributed by atoms with van der Waals surface area (Å²) >= 11 is 0. The summed E-state index contributed by atoms with van der Waals surface area (Å²) in [4.78, 5) is 0. The lowest BCUT2D eigenvalue weighted by Gasteiger charge is -2.07. The van der Waals surface area contributed by atoms with Crippen LogP contribution in [-0.2, 0) is 0 Å². The second kappa shape index (κ2) is 2.45. The van der Waals surface area contributed by atoms with Gasteiger partial charge in [0, 0.05) is 12.3 Å². The van der Waals surface area contributed by atoms with E-state index in [2.05, 4.69) is 11.2 Å². The van der Waals surface area contributed by atoms with Gasteiger partial charge in [-0.15, -0.1) is 0 Å². The van der Waals surface area contributed by atoms with Crippen molar-refractivity contribution in [2.75, 3.05) is 0 Å². The number of nitrogens with zero attached hydrogens (tertiary/aromatic N) is 2. The third-order valence-corrected chi connectivity index (χ3v) is 2.17. The van der Waals surface area contributed by atoms with Crippen LogP contribution in [0.1, 0.15) is 31.7 Å². The molecular weight excluding hydrogens is 124 g/mol. The summed E-state index contributed by atoms with van der Waals surface area (Å²) in [5.74, 6) is 0. The average Bonchev–Trinajstić information content (AvgIpc) is 2.59. The summed E-state index contributed by atoms with van der Waals surface area (Å²) in [5.41, 5.74) is 0. The van der Waals surface area contributed by atoms with Gasteiger partial charge in [0.15, 0.2) is 0 Å². The van der Waals surface area contributed by atoms with Crippen LogP contribution in [0.25, 0.3) is 0 Å². The highest BCUT2D eigenvalue weighted by Crippen LogP contribution is 2.27. The van der Waals surface area contributed by atoms with Gasteiger partial charge < -0.3 is 0 Å². The molecule has 2 nitrogen and oxygen atoms in total. The second-order valence-corrected chi connectivity index (χ2v) is 2.86. The molecular formula is C8H11N2. The quantitative estimate of drug-likeness (QED) is 0.574. The zero-order valence-corrected chi connectivity index (χ0v) is 5.95. The third-order valence-electron chi connectivity index (χ3n) is 2.17. The van der Waals surface area contributed by atoms with Gasteiger partial charge in [0.25, 0.3) is 0 Å². The highest BCUT2D eigenvalue weighted by Gasteiger charge is 2.15. The van der Waals surface area contributed by atoms with Gasteiger partial charge in [-0.2, -0.15) is 5.10 Å². The van der Waals surface area contributed by atoms with E-state index < -0.39 is 0 Å². The molecule has 0 aliphatic heterocycles. The topological polar surface area (TPSA) is 17.8 Å². The largest absolute Gasteiger partial charge is 0.269 e. The van der Waals surface area contributed by atoms with Crippen LogP contribution in [0.15, 0.2) is 12.4 Å². The zero-order chi connectivity index (χ0) is 6.81.